The Hall–Kier alpha value is -1.89. The van der Waals surface area contributed by atoms with Gasteiger partial charge in [-0.2, -0.15) is 21.0 Å². The predicted molar refractivity (Wildman–Crippen MR) is 131 cm³/mol. The highest BCUT2D eigenvalue weighted by Crippen LogP contribution is 2.42. The molecular weight excluding hydrogens is 420 g/mol. The standard InChI is InChI=1S/C26H35N2O3S/c1-26(2,3)31-25(30)28(15-14-27-17-20(28)16-23(32-4)19-12-13-19)24(29)22-11-7-9-18-8-5-6-10-21(18)22/h5-11,19-20,23,27H,12-17H2,1-4H3/q+1/t20-,23?,28?/m0/s1. The van der Waals surface area contributed by atoms with Gasteiger partial charge in [0.05, 0.1) is 5.56 Å². The van der Waals surface area contributed by atoms with Crippen molar-refractivity contribution in [3.8, 4) is 0 Å². The fourth-order valence-electron chi connectivity index (χ4n) is 4.90. The first-order valence-corrected chi connectivity index (χ1v) is 12.9. The van der Waals surface area contributed by atoms with Crippen LogP contribution in [-0.4, -0.2) is 59.3 Å². The van der Waals surface area contributed by atoms with Crippen molar-refractivity contribution in [3.63, 3.8) is 0 Å². The summed E-state index contributed by atoms with van der Waals surface area (Å²) in [6, 6.07) is 13.5. The van der Waals surface area contributed by atoms with E-state index in [9.17, 15) is 9.59 Å². The van der Waals surface area contributed by atoms with Crippen LogP contribution in [-0.2, 0) is 4.74 Å². The lowest BCUT2D eigenvalue weighted by Gasteiger charge is -2.44. The van der Waals surface area contributed by atoms with Crippen LogP contribution in [0.1, 0.15) is 50.4 Å². The lowest BCUT2D eigenvalue weighted by molar-refractivity contribution is -0.807. The van der Waals surface area contributed by atoms with Crippen molar-refractivity contribution < 1.29 is 18.8 Å². The van der Waals surface area contributed by atoms with Crippen LogP contribution in [0.5, 0.6) is 0 Å². The highest BCUT2D eigenvalue weighted by atomic mass is 32.2. The van der Waals surface area contributed by atoms with Gasteiger partial charge in [-0.05, 0) is 62.6 Å². The summed E-state index contributed by atoms with van der Waals surface area (Å²) in [5.74, 6) is 0.554. The van der Waals surface area contributed by atoms with Gasteiger partial charge >= 0.3 is 12.0 Å². The molecule has 0 radical (unpaired) electrons. The third-order valence-corrected chi connectivity index (χ3v) is 7.88. The fourth-order valence-corrected chi connectivity index (χ4v) is 5.98. The van der Waals surface area contributed by atoms with Gasteiger partial charge in [-0.25, -0.2) is 4.79 Å². The molecule has 1 saturated heterocycles. The molecule has 2 aromatic rings. The van der Waals surface area contributed by atoms with Crippen LogP contribution in [0.2, 0.25) is 0 Å². The normalized spacial score (nSPS) is 24.8. The number of carbonyl (C=O) groups is 2. The molecule has 32 heavy (non-hydrogen) atoms. The van der Waals surface area contributed by atoms with Gasteiger partial charge in [-0.3, -0.25) is 0 Å². The molecule has 4 rings (SSSR count). The van der Waals surface area contributed by atoms with Gasteiger partial charge in [0.1, 0.15) is 18.2 Å². The molecule has 0 aromatic heterocycles. The first kappa shape index (κ1) is 23.3. The monoisotopic (exact) mass is 455 g/mol. The third kappa shape index (κ3) is 4.59. The number of thioether (sulfide) groups is 1. The number of nitrogens with one attached hydrogen (secondary N) is 1. The molecule has 2 amide bonds. The number of quaternary nitrogens is 1. The van der Waals surface area contributed by atoms with Crippen LogP contribution in [0.25, 0.3) is 10.8 Å². The Morgan fingerprint density at radius 3 is 2.56 bits per heavy atom. The number of imide groups is 1. The van der Waals surface area contributed by atoms with E-state index in [4.69, 9.17) is 4.74 Å². The minimum Gasteiger partial charge on any atom is -0.414 e. The van der Waals surface area contributed by atoms with Crippen LogP contribution in [0.15, 0.2) is 42.5 Å². The summed E-state index contributed by atoms with van der Waals surface area (Å²) < 4.78 is 5.67. The Morgan fingerprint density at radius 2 is 1.88 bits per heavy atom. The second-order valence-corrected chi connectivity index (χ2v) is 11.2. The Labute approximate surface area is 195 Å². The fraction of sp³-hybridized carbons (Fsp3) is 0.538. The number of hydrogen-bond donors (Lipinski definition) is 1. The topological polar surface area (TPSA) is 55.4 Å². The molecule has 1 aliphatic carbocycles. The van der Waals surface area contributed by atoms with Crippen molar-refractivity contribution in [3.05, 3.63) is 48.0 Å². The Morgan fingerprint density at radius 1 is 1.16 bits per heavy atom. The molecule has 1 N–H and O–H groups in total. The molecule has 172 valence electrons. The minimum atomic E-state index is -0.661. The number of benzene rings is 2. The smallest absolute Gasteiger partial charge is 0.414 e. The molecule has 2 aromatic carbocycles. The second kappa shape index (κ2) is 9.16. The largest absolute Gasteiger partial charge is 0.524 e. The zero-order chi connectivity index (χ0) is 22.9. The average Bonchev–Trinajstić information content (AvgIpc) is 3.61. The summed E-state index contributed by atoms with van der Waals surface area (Å²) in [4.78, 5) is 28.2. The molecule has 6 heteroatoms. The van der Waals surface area contributed by atoms with E-state index in [1.54, 1.807) is 0 Å². The first-order chi connectivity index (χ1) is 15.3. The van der Waals surface area contributed by atoms with Crippen molar-refractivity contribution in [2.24, 2.45) is 5.92 Å². The highest BCUT2D eigenvalue weighted by Gasteiger charge is 2.56. The molecule has 5 nitrogen and oxygen atoms in total. The van der Waals surface area contributed by atoms with Crippen molar-refractivity contribution in [1.29, 1.82) is 0 Å². The van der Waals surface area contributed by atoms with Crippen LogP contribution in [0, 0.1) is 5.92 Å². The minimum absolute atomic E-state index is 0.141. The van der Waals surface area contributed by atoms with Gasteiger partial charge < -0.3 is 10.1 Å². The molecule has 3 atom stereocenters. The molecule has 1 heterocycles. The highest BCUT2D eigenvalue weighted by molar-refractivity contribution is 7.99. The van der Waals surface area contributed by atoms with Crippen molar-refractivity contribution in [1.82, 2.24) is 5.32 Å². The van der Waals surface area contributed by atoms with Gasteiger partial charge in [0, 0.05) is 24.8 Å². The Bertz CT molecular complexity index is 993. The zero-order valence-electron chi connectivity index (χ0n) is 19.6. The van der Waals surface area contributed by atoms with E-state index in [-0.39, 0.29) is 16.4 Å². The summed E-state index contributed by atoms with van der Waals surface area (Å²) in [6.45, 7) is 7.27. The van der Waals surface area contributed by atoms with Crippen LogP contribution < -0.4 is 5.32 Å². The number of piperazine rings is 1. The molecule has 2 fully saturated rings. The van der Waals surface area contributed by atoms with E-state index < -0.39 is 11.7 Å². The number of nitrogens with zero attached hydrogens (tertiary/aromatic N) is 1. The molecule has 0 spiro atoms. The Balaban J connectivity index is 1.80. The number of ether oxygens (including phenoxy) is 1. The first-order valence-electron chi connectivity index (χ1n) is 11.6. The average molecular weight is 456 g/mol. The summed E-state index contributed by atoms with van der Waals surface area (Å²) in [5.41, 5.74) is -0.0559. The van der Waals surface area contributed by atoms with E-state index in [1.807, 2.05) is 75.0 Å². The molecule has 2 unspecified atom stereocenters. The van der Waals surface area contributed by atoms with E-state index in [2.05, 4.69) is 11.6 Å². The van der Waals surface area contributed by atoms with Crippen molar-refractivity contribution in [2.75, 3.05) is 25.9 Å². The van der Waals surface area contributed by atoms with Crippen LogP contribution >= 0.6 is 11.8 Å². The van der Waals surface area contributed by atoms with Gasteiger partial charge in [-0.15, -0.1) is 0 Å². The van der Waals surface area contributed by atoms with Crippen LogP contribution in [0.4, 0.5) is 4.79 Å². The van der Waals surface area contributed by atoms with Crippen molar-refractivity contribution in [2.45, 2.75) is 56.9 Å². The summed E-state index contributed by atoms with van der Waals surface area (Å²) in [7, 11) is 0. The predicted octanol–water partition coefficient (Wildman–Crippen LogP) is 5.24. The summed E-state index contributed by atoms with van der Waals surface area (Å²) in [5, 5.41) is 5.81. The van der Waals surface area contributed by atoms with E-state index in [0.29, 0.717) is 36.4 Å². The molecule has 0 bridgehead atoms. The molecule has 1 aliphatic heterocycles. The van der Waals surface area contributed by atoms with Crippen molar-refractivity contribution >= 4 is 34.5 Å². The van der Waals surface area contributed by atoms with Gasteiger partial charge in [0.25, 0.3) is 0 Å². The van der Waals surface area contributed by atoms with Gasteiger partial charge in [0.15, 0.2) is 0 Å². The molecule has 1 saturated carbocycles. The maximum absolute atomic E-state index is 14.4. The zero-order valence-corrected chi connectivity index (χ0v) is 20.4. The van der Waals surface area contributed by atoms with Crippen LogP contribution in [0.3, 0.4) is 0 Å². The van der Waals surface area contributed by atoms with E-state index >= 15 is 0 Å². The maximum Gasteiger partial charge on any atom is 0.524 e. The quantitative estimate of drug-likeness (QED) is 0.625. The van der Waals surface area contributed by atoms with Gasteiger partial charge in [-0.1, -0.05) is 36.4 Å². The van der Waals surface area contributed by atoms with E-state index in [1.165, 1.54) is 12.8 Å². The number of rotatable bonds is 5. The lowest BCUT2D eigenvalue weighted by Crippen LogP contribution is -2.71. The second-order valence-electron chi connectivity index (χ2n) is 10.1. The molecular formula is C26H35N2O3S+. The maximum atomic E-state index is 14.4. The third-order valence-electron chi connectivity index (χ3n) is 6.70. The lowest BCUT2D eigenvalue weighted by atomic mass is 9.97. The number of amides is 2. The summed E-state index contributed by atoms with van der Waals surface area (Å²) in [6.07, 6.45) is 5.05. The Kier molecular flexibility index (Phi) is 6.66. The molecule has 2 aliphatic rings. The number of hydrogen-bond acceptors (Lipinski definition) is 5. The van der Waals surface area contributed by atoms with E-state index in [0.717, 1.165) is 17.2 Å². The van der Waals surface area contributed by atoms with Gasteiger partial charge in [0.2, 0.25) is 0 Å². The number of carbonyl (C=O) groups excluding carboxylic acids is 2. The summed E-state index contributed by atoms with van der Waals surface area (Å²) >= 11 is 1.87. The SMILES string of the molecule is CSC(C[C@H]1CNCC[N+]1(C(=O)OC(C)(C)C)C(=O)c1cccc2ccccc12)C1CC1. The number of fused-ring (bicyclic) bond motifs is 1.